The smallest absolute Gasteiger partial charge is 0.0704 e. The van der Waals surface area contributed by atoms with Gasteiger partial charge in [0.15, 0.2) is 0 Å². The molecular formula is C14H27NO2. The predicted molar refractivity (Wildman–Crippen MR) is 73.9 cm³/mol. The molecule has 0 fully saturated rings. The summed E-state index contributed by atoms with van der Waals surface area (Å²) in [5.41, 5.74) is 2.25. The Morgan fingerprint density at radius 1 is 1.12 bits per heavy atom. The SMILES string of the molecule is C=C(C)COCCOCC/N=C(/C)CC(C)C. The Morgan fingerprint density at radius 2 is 1.76 bits per heavy atom. The van der Waals surface area contributed by atoms with Crippen LogP contribution in [0.1, 0.15) is 34.1 Å². The molecule has 0 aliphatic heterocycles. The van der Waals surface area contributed by atoms with Gasteiger partial charge in [0, 0.05) is 5.71 Å². The lowest BCUT2D eigenvalue weighted by Gasteiger charge is -2.06. The van der Waals surface area contributed by atoms with Crippen LogP contribution in [0.2, 0.25) is 0 Å². The summed E-state index contributed by atoms with van der Waals surface area (Å²) in [6.07, 6.45) is 1.07. The second kappa shape index (κ2) is 10.5. The third-order valence-corrected chi connectivity index (χ3v) is 2.04. The predicted octanol–water partition coefficient (Wildman–Crippen LogP) is 3.10. The fourth-order valence-corrected chi connectivity index (χ4v) is 1.42. The highest BCUT2D eigenvalue weighted by Gasteiger charge is 1.96. The molecule has 3 nitrogen and oxygen atoms in total. The highest BCUT2D eigenvalue weighted by molar-refractivity contribution is 5.82. The van der Waals surface area contributed by atoms with E-state index in [0.717, 1.165) is 18.5 Å². The number of rotatable bonds is 10. The van der Waals surface area contributed by atoms with Crippen molar-refractivity contribution in [1.82, 2.24) is 0 Å². The molecule has 0 bridgehead atoms. The number of nitrogens with zero attached hydrogens (tertiary/aromatic N) is 1. The lowest BCUT2D eigenvalue weighted by Crippen LogP contribution is -2.08. The van der Waals surface area contributed by atoms with E-state index in [-0.39, 0.29) is 0 Å². The van der Waals surface area contributed by atoms with E-state index in [9.17, 15) is 0 Å². The standard InChI is InChI=1S/C14H27NO2/c1-12(2)10-14(5)15-6-7-16-8-9-17-11-13(3)4/h12H,3,6-11H2,1-2,4-5H3/b15-14-. The van der Waals surface area contributed by atoms with Gasteiger partial charge in [-0.15, -0.1) is 0 Å². The number of hydrogen-bond donors (Lipinski definition) is 0. The second-order valence-corrected chi connectivity index (χ2v) is 4.84. The molecule has 100 valence electrons. The highest BCUT2D eigenvalue weighted by atomic mass is 16.5. The van der Waals surface area contributed by atoms with Gasteiger partial charge in [0.25, 0.3) is 0 Å². The van der Waals surface area contributed by atoms with E-state index in [1.807, 2.05) is 6.92 Å². The summed E-state index contributed by atoms with van der Waals surface area (Å²) < 4.78 is 10.7. The maximum Gasteiger partial charge on any atom is 0.0704 e. The van der Waals surface area contributed by atoms with Crippen LogP contribution in [0.5, 0.6) is 0 Å². The number of hydrogen-bond acceptors (Lipinski definition) is 3. The largest absolute Gasteiger partial charge is 0.377 e. The van der Waals surface area contributed by atoms with Gasteiger partial charge in [0.2, 0.25) is 0 Å². The van der Waals surface area contributed by atoms with Gasteiger partial charge >= 0.3 is 0 Å². The van der Waals surface area contributed by atoms with Crippen molar-refractivity contribution in [3.05, 3.63) is 12.2 Å². The van der Waals surface area contributed by atoms with Crippen LogP contribution in [0.15, 0.2) is 17.1 Å². The van der Waals surface area contributed by atoms with E-state index >= 15 is 0 Å². The molecule has 0 aliphatic rings. The van der Waals surface area contributed by atoms with E-state index in [2.05, 4.69) is 32.3 Å². The van der Waals surface area contributed by atoms with Crippen LogP contribution in [-0.2, 0) is 9.47 Å². The van der Waals surface area contributed by atoms with E-state index in [1.54, 1.807) is 0 Å². The maximum atomic E-state index is 5.41. The number of ether oxygens (including phenoxy) is 2. The van der Waals surface area contributed by atoms with Gasteiger partial charge in [-0.05, 0) is 26.2 Å². The molecule has 0 aliphatic carbocycles. The molecule has 0 atom stereocenters. The van der Waals surface area contributed by atoms with Crippen LogP contribution in [0, 0.1) is 5.92 Å². The first kappa shape index (κ1) is 16.3. The molecular weight excluding hydrogens is 214 g/mol. The first-order chi connectivity index (χ1) is 8.02. The molecule has 17 heavy (non-hydrogen) atoms. The molecule has 0 aromatic carbocycles. The molecule has 0 unspecified atom stereocenters. The molecule has 0 radical (unpaired) electrons. The molecule has 0 amide bonds. The Bertz CT molecular complexity index is 234. The molecule has 0 rings (SSSR count). The van der Waals surface area contributed by atoms with Crippen molar-refractivity contribution in [1.29, 1.82) is 0 Å². The van der Waals surface area contributed by atoms with Crippen molar-refractivity contribution in [3.63, 3.8) is 0 Å². The lowest BCUT2D eigenvalue weighted by atomic mass is 10.1. The summed E-state index contributed by atoms with van der Waals surface area (Å²) in [5.74, 6) is 0.676. The summed E-state index contributed by atoms with van der Waals surface area (Å²) in [6, 6.07) is 0. The van der Waals surface area contributed by atoms with Gasteiger partial charge in [0.05, 0.1) is 33.0 Å². The summed E-state index contributed by atoms with van der Waals surface area (Å²) in [5, 5.41) is 0. The van der Waals surface area contributed by atoms with E-state index < -0.39 is 0 Å². The van der Waals surface area contributed by atoms with Gasteiger partial charge in [-0.1, -0.05) is 26.0 Å². The molecule has 0 aromatic heterocycles. The Labute approximate surface area is 106 Å². The van der Waals surface area contributed by atoms with Crippen molar-refractivity contribution < 1.29 is 9.47 Å². The minimum atomic E-state index is 0.620. The zero-order valence-electron chi connectivity index (χ0n) is 11.8. The van der Waals surface area contributed by atoms with Crippen molar-refractivity contribution in [3.8, 4) is 0 Å². The van der Waals surface area contributed by atoms with Crippen LogP contribution in [0.3, 0.4) is 0 Å². The van der Waals surface area contributed by atoms with Gasteiger partial charge < -0.3 is 9.47 Å². The van der Waals surface area contributed by atoms with Crippen molar-refractivity contribution >= 4 is 5.71 Å². The first-order valence-electron chi connectivity index (χ1n) is 6.32. The monoisotopic (exact) mass is 241 g/mol. The summed E-state index contributed by atoms with van der Waals surface area (Å²) >= 11 is 0. The van der Waals surface area contributed by atoms with E-state index in [0.29, 0.717) is 32.3 Å². The third kappa shape index (κ3) is 13.3. The Hall–Kier alpha value is -0.670. The molecule has 0 N–H and O–H groups in total. The minimum absolute atomic E-state index is 0.620. The lowest BCUT2D eigenvalue weighted by molar-refractivity contribution is 0.0598. The molecule has 0 saturated carbocycles. The number of aliphatic imine (C=N–C) groups is 1. The molecule has 0 aromatic rings. The fraction of sp³-hybridized carbons (Fsp3) is 0.786. The van der Waals surface area contributed by atoms with Gasteiger partial charge in [-0.25, -0.2) is 0 Å². The van der Waals surface area contributed by atoms with Gasteiger partial charge in [-0.3, -0.25) is 4.99 Å². The average molecular weight is 241 g/mol. The Kier molecular flexibility index (Phi) is 10.1. The Morgan fingerprint density at radius 3 is 2.35 bits per heavy atom. The second-order valence-electron chi connectivity index (χ2n) is 4.84. The van der Waals surface area contributed by atoms with Crippen LogP contribution in [0.25, 0.3) is 0 Å². The minimum Gasteiger partial charge on any atom is -0.377 e. The van der Waals surface area contributed by atoms with Crippen LogP contribution >= 0.6 is 0 Å². The van der Waals surface area contributed by atoms with E-state index in [4.69, 9.17) is 9.47 Å². The van der Waals surface area contributed by atoms with Crippen LogP contribution in [0.4, 0.5) is 0 Å². The topological polar surface area (TPSA) is 30.8 Å². The molecule has 0 saturated heterocycles. The van der Waals surface area contributed by atoms with Crippen LogP contribution < -0.4 is 0 Å². The van der Waals surface area contributed by atoms with Gasteiger partial charge in [0.1, 0.15) is 0 Å². The van der Waals surface area contributed by atoms with Crippen LogP contribution in [-0.4, -0.2) is 38.7 Å². The summed E-state index contributed by atoms with van der Waals surface area (Å²) in [6.45, 7) is 15.5. The van der Waals surface area contributed by atoms with Gasteiger partial charge in [-0.2, -0.15) is 0 Å². The maximum absolute atomic E-state index is 5.41. The zero-order chi connectivity index (χ0) is 13.1. The third-order valence-electron chi connectivity index (χ3n) is 2.04. The summed E-state index contributed by atoms with van der Waals surface area (Å²) in [4.78, 5) is 4.45. The first-order valence-corrected chi connectivity index (χ1v) is 6.32. The molecule has 0 spiro atoms. The summed E-state index contributed by atoms with van der Waals surface area (Å²) in [7, 11) is 0. The Balaban J connectivity index is 3.31. The van der Waals surface area contributed by atoms with Crippen molar-refractivity contribution in [2.24, 2.45) is 10.9 Å². The highest BCUT2D eigenvalue weighted by Crippen LogP contribution is 2.00. The van der Waals surface area contributed by atoms with Crippen molar-refractivity contribution in [2.45, 2.75) is 34.1 Å². The fourth-order valence-electron chi connectivity index (χ4n) is 1.42. The normalized spacial score (nSPS) is 12.2. The van der Waals surface area contributed by atoms with Crippen molar-refractivity contribution in [2.75, 3.05) is 33.0 Å². The average Bonchev–Trinajstić information content (AvgIpc) is 2.20. The van der Waals surface area contributed by atoms with E-state index in [1.165, 1.54) is 5.71 Å². The molecule has 3 heteroatoms. The quantitative estimate of drug-likeness (QED) is 0.334. The molecule has 0 heterocycles. The zero-order valence-corrected chi connectivity index (χ0v) is 11.8.